The molecule has 2 aliphatic rings. The maximum atomic E-state index is 5.31. The number of methoxy groups -OCH3 is 2. The van der Waals surface area contributed by atoms with Crippen LogP contribution in [0.1, 0.15) is 0 Å². The highest BCUT2D eigenvalue weighted by Gasteiger charge is 2.02. The van der Waals surface area contributed by atoms with Crippen molar-refractivity contribution in [1.82, 2.24) is 0 Å². The molecule has 0 bridgehead atoms. The first-order valence-corrected chi connectivity index (χ1v) is 5.79. The fraction of sp³-hybridized carbons (Fsp3) is 0.125. The lowest BCUT2D eigenvalue weighted by Gasteiger charge is -2.25. The molecule has 2 heteroatoms. The molecule has 0 aromatic carbocycles. The lowest BCUT2D eigenvalue weighted by atomic mass is 10.0. The Bertz CT molecular complexity index is 417. The molecule has 18 heavy (non-hydrogen) atoms. The van der Waals surface area contributed by atoms with Crippen LogP contribution in [0.5, 0.6) is 0 Å². The van der Waals surface area contributed by atoms with Crippen LogP contribution in [0, 0.1) is 12.2 Å². The minimum Gasteiger partial charge on any atom is -0.395 e. The summed E-state index contributed by atoms with van der Waals surface area (Å²) in [4.78, 5) is 0. The monoisotopic (exact) mass is 240 g/mol. The SMILES string of the molecule is CO[C-]1C=CC=C/C1=C/C=C1\C=CC=C[C-]1OC. The Morgan fingerprint density at radius 1 is 0.778 bits per heavy atom. The van der Waals surface area contributed by atoms with E-state index in [4.69, 9.17) is 9.47 Å². The van der Waals surface area contributed by atoms with Crippen molar-refractivity contribution in [3.8, 4) is 0 Å². The first-order valence-electron chi connectivity index (χ1n) is 5.79. The van der Waals surface area contributed by atoms with Crippen molar-refractivity contribution in [1.29, 1.82) is 0 Å². The normalized spacial score (nSPS) is 22.6. The molecule has 0 radical (unpaired) electrons. The van der Waals surface area contributed by atoms with Crippen LogP contribution in [0.25, 0.3) is 0 Å². The molecule has 0 aromatic heterocycles. The van der Waals surface area contributed by atoms with Crippen LogP contribution < -0.4 is 0 Å². The number of rotatable bonds is 3. The molecule has 0 unspecified atom stereocenters. The summed E-state index contributed by atoms with van der Waals surface area (Å²) < 4.78 is 10.6. The Kier molecular flexibility index (Phi) is 4.29. The first kappa shape index (κ1) is 12.6. The number of hydrogen-bond acceptors (Lipinski definition) is 2. The summed E-state index contributed by atoms with van der Waals surface area (Å²) >= 11 is 0. The molecule has 0 fully saturated rings. The van der Waals surface area contributed by atoms with Crippen molar-refractivity contribution in [3.05, 3.63) is 84.1 Å². The summed E-state index contributed by atoms with van der Waals surface area (Å²) in [5, 5.41) is 0. The average molecular weight is 240 g/mol. The Morgan fingerprint density at radius 3 is 1.61 bits per heavy atom. The molecule has 0 saturated heterocycles. The topological polar surface area (TPSA) is 18.5 Å². The van der Waals surface area contributed by atoms with Gasteiger partial charge >= 0.3 is 0 Å². The van der Waals surface area contributed by atoms with Crippen LogP contribution >= 0.6 is 0 Å². The Hall–Kier alpha value is -1.90. The van der Waals surface area contributed by atoms with Gasteiger partial charge in [-0.25, -0.2) is 0 Å². The van der Waals surface area contributed by atoms with E-state index in [-0.39, 0.29) is 0 Å². The second-order valence-electron chi connectivity index (χ2n) is 3.82. The molecule has 94 valence electrons. The maximum absolute atomic E-state index is 5.31. The highest BCUT2D eigenvalue weighted by Crippen LogP contribution is 2.25. The zero-order valence-electron chi connectivity index (χ0n) is 10.6. The van der Waals surface area contributed by atoms with Gasteiger partial charge in [-0.2, -0.15) is 12.2 Å². The Labute approximate surface area is 108 Å². The van der Waals surface area contributed by atoms with Gasteiger partial charge in [0.15, 0.2) is 0 Å². The van der Waals surface area contributed by atoms with Gasteiger partial charge in [0.05, 0.1) is 0 Å². The third kappa shape index (κ3) is 2.86. The van der Waals surface area contributed by atoms with Crippen LogP contribution in [-0.4, -0.2) is 14.2 Å². The molecule has 0 heterocycles. The smallest absolute Gasteiger partial charge is 0.0304 e. The van der Waals surface area contributed by atoms with Gasteiger partial charge in [-0.05, 0) is 12.2 Å². The molecule has 0 spiro atoms. The molecule has 2 rings (SSSR count). The summed E-state index contributed by atoms with van der Waals surface area (Å²) in [6.07, 6.45) is 21.6. The molecule has 0 aliphatic heterocycles. The molecule has 0 amide bonds. The number of allylic oxidation sites excluding steroid dienone is 6. The molecule has 0 N–H and O–H groups in total. The predicted octanol–water partition coefficient (Wildman–Crippen LogP) is 3.45. The molecule has 0 aromatic rings. The van der Waals surface area contributed by atoms with Crippen molar-refractivity contribution >= 4 is 0 Å². The van der Waals surface area contributed by atoms with Crippen molar-refractivity contribution in [2.45, 2.75) is 0 Å². The van der Waals surface area contributed by atoms with E-state index in [0.29, 0.717) is 0 Å². The van der Waals surface area contributed by atoms with Crippen molar-refractivity contribution < 1.29 is 9.47 Å². The quantitative estimate of drug-likeness (QED) is 0.703. The minimum atomic E-state index is 0.864. The van der Waals surface area contributed by atoms with E-state index in [2.05, 4.69) is 0 Å². The van der Waals surface area contributed by atoms with Gasteiger partial charge < -0.3 is 9.47 Å². The van der Waals surface area contributed by atoms with Crippen LogP contribution in [-0.2, 0) is 9.47 Å². The highest BCUT2D eigenvalue weighted by molar-refractivity contribution is 5.49. The van der Waals surface area contributed by atoms with Gasteiger partial charge in [0, 0.05) is 14.2 Å². The highest BCUT2D eigenvalue weighted by atomic mass is 16.5. The molecular weight excluding hydrogens is 224 g/mol. The van der Waals surface area contributed by atoms with Gasteiger partial charge in [-0.3, -0.25) is 0 Å². The second-order valence-corrected chi connectivity index (χ2v) is 3.82. The Balaban J connectivity index is 2.18. The van der Waals surface area contributed by atoms with Gasteiger partial charge in [0.1, 0.15) is 0 Å². The van der Waals surface area contributed by atoms with Crippen molar-refractivity contribution in [2.75, 3.05) is 14.2 Å². The molecular formula is C16H16O2-2. The summed E-state index contributed by atoms with van der Waals surface area (Å²) in [6, 6.07) is 0. The fourth-order valence-electron chi connectivity index (χ4n) is 1.79. The second kappa shape index (κ2) is 6.15. The van der Waals surface area contributed by atoms with Gasteiger partial charge in [0.25, 0.3) is 0 Å². The largest absolute Gasteiger partial charge is 0.395 e. The van der Waals surface area contributed by atoms with Gasteiger partial charge in [0.2, 0.25) is 0 Å². The standard InChI is InChI=1S/C16H16O2/c1-17-15-9-5-3-7-13(15)11-12-14-8-4-6-10-16(14)18-2/h3-12H,1-2H3/q-2/b13-11-,14-12+. The van der Waals surface area contributed by atoms with E-state index >= 15 is 0 Å². The number of ether oxygens (including phenoxy) is 2. The predicted molar refractivity (Wildman–Crippen MR) is 73.2 cm³/mol. The van der Waals surface area contributed by atoms with Crippen LogP contribution in [0.15, 0.2) is 71.9 Å². The minimum absolute atomic E-state index is 0.864. The maximum Gasteiger partial charge on any atom is 0.0304 e. The van der Waals surface area contributed by atoms with Gasteiger partial charge in [-0.1, -0.05) is 0 Å². The lowest BCUT2D eigenvalue weighted by molar-refractivity contribution is 0.251. The summed E-state index contributed by atoms with van der Waals surface area (Å²) in [5.74, 6) is 0. The molecule has 0 atom stereocenters. The van der Waals surface area contributed by atoms with Crippen molar-refractivity contribution in [2.24, 2.45) is 0 Å². The van der Waals surface area contributed by atoms with E-state index in [1.807, 2.05) is 60.8 Å². The van der Waals surface area contributed by atoms with Crippen LogP contribution in [0.2, 0.25) is 0 Å². The summed E-state index contributed by atoms with van der Waals surface area (Å²) in [6.45, 7) is 0. The lowest BCUT2D eigenvalue weighted by Crippen LogP contribution is -2.03. The van der Waals surface area contributed by atoms with Gasteiger partial charge in [-0.15, -0.1) is 59.8 Å². The van der Waals surface area contributed by atoms with E-state index < -0.39 is 0 Å². The molecule has 2 nitrogen and oxygen atoms in total. The zero-order chi connectivity index (χ0) is 12.8. The fourth-order valence-corrected chi connectivity index (χ4v) is 1.79. The summed E-state index contributed by atoms with van der Waals surface area (Å²) in [7, 11) is 3.35. The first-order chi connectivity index (χ1) is 8.85. The molecule has 2 aliphatic carbocycles. The van der Waals surface area contributed by atoms with E-state index in [0.717, 1.165) is 23.4 Å². The Morgan fingerprint density at radius 2 is 1.22 bits per heavy atom. The summed E-state index contributed by atoms with van der Waals surface area (Å²) in [5.41, 5.74) is 2.09. The van der Waals surface area contributed by atoms with E-state index in [1.54, 1.807) is 14.2 Å². The third-order valence-electron chi connectivity index (χ3n) is 2.72. The number of hydrogen-bond donors (Lipinski definition) is 0. The average Bonchev–Trinajstić information content (AvgIpc) is 2.45. The molecule has 0 saturated carbocycles. The zero-order valence-corrected chi connectivity index (χ0v) is 10.6. The van der Waals surface area contributed by atoms with Crippen LogP contribution in [0.3, 0.4) is 0 Å². The van der Waals surface area contributed by atoms with E-state index in [1.165, 1.54) is 0 Å². The third-order valence-corrected chi connectivity index (χ3v) is 2.72. The van der Waals surface area contributed by atoms with Crippen molar-refractivity contribution in [3.63, 3.8) is 0 Å². The van der Waals surface area contributed by atoms with E-state index in [9.17, 15) is 0 Å². The van der Waals surface area contributed by atoms with Crippen LogP contribution in [0.4, 0.5) is 0 Å².